The molecule has 0 fully saturated rings. The third kappa shape index (κ3) is 19.4. The fourth-order valence-corrected chi connectivity index (χ4v) is 3.16. The first-order chi connectivity index (χ1) is 14.5. The fourth-order valence-electron chi connectivity index (χ4n) is 2.42. The maximum Gasteiger partial charge on any atom is 0.472 e. The van der Waals surface area contributed by atoms with Crippen molar-refractivity contribution >= 4 is 19.8 Å². The van der Waals surface area contributed by atoms with Gasteiger partial charge in [0.2, 0.25) is 0 Å². The second-order valence-electron chi connectivity index (χ2n) is 8.38. The summed E-state index contributed by atoms with van der Waals surface area (Å²) in [6, 6.07) is 0. The summed E-state index contributed by atoms with van der Waals surface area (Å²) in [7, 11) is 1.43. The van der Waals surface area contributed by atoms with E-state index in [9.17, 15) is 19.0 Å². The monoisotopic (exact) mass is 466 g/mol. The van der Waals surface area contributed by atoms with Crippen molar-refractivity contribution in [1.29, 1.82) is 0 Å². The molecular formula is C21H41NO8P-. The van der Waals surface area contributed by atoms with Gasteiger partial charge in [-0.1, -0.05) is 38.5 Å². The van der Waals surface area contributed by atoms with E-state index in [1.807, 2.05) is 21.1 Å². The van der Waals surface area contributed by atoms with E-state index in [4.69, 9.17) is 18.5 Å². The predicted octanol–water partition coefficient (Wildman–Crippen LogP) is 3.46. The highest BCUT2D eigenvalue weighted by Gasteiger charge is 2.26. The second-order valence-corrected chi connectivity index (χ2v) is 9.83. The largest absolute Gasteiger partial charge is 0.472 e. The number of likely N-dealkylation sites (N-methyl/N-ethyl adjacent to an activating group) is 1. The third-order valence-electron chi connectivity index (χ3n) is 4.25. The molecular weight excluding hydrogens is 425 g/mol. The normalized spacial score (nSPS) is 14.6. The quantitative estimate of drug-likeness (QED) is 0.101. The fraction of sp³-hybridized carbons (Fsp3) is 0.810. The maximum absolute atomic E-state index is 12.1. The van der Waals surface area contributed by atoms with Crippen molar-refractivity contribution in [1.82, 2.24) is 0 Å². The first-order valence-corrected chi connectivity index (χ1v) is 12.3. The molecule has 0 aromatic carbocycles. The van der Waals surface area contributed by atoms with Crippen LogP contribution in [0.25, 0.3) is 0 Å². The van der Waals surface area contributed by atoms with Gasteiger partial charge in [0.15, 0.2) is 6.10 Å². The van der Waals surface area contributed by atoms with Crippen molar-refractivity contribution in [3.63, 3.8) is 0 Å². The van der Waals surface area contributed by atoms with Gasteiger partial charge < -0.3 is 32.7 Å². The van der Waals surface area contributed by atoms with Crippen molar-refractivity contribution in [2.75, 3.05) is 47.5 Å². The molecule has 0 heterocycles. The van der Waals surface area contributed by atoms with E-state index < -0.39 is 32.5 Å². The molecule has 1 unspecified atom stereocenters. The minimum Gasteiger partial charge on any atom is -0.464 e. The van der Waals surface area contributed by atoms with E-state index in [0.29, 0.717) is 17.4 Å². The van der Waals surface area contributed by atoms with E-state index in [-0.39, 0.29) is 26.1 Å². The number of hydrogen-bond acceptors (Lipinski definition) is 7. The van der Waals surface area contributed by atoms with Gasteiger partial charge in [0.1, 0.15) is 19.8 Å². The van der Waals surface area contributed by atoms with Crippen molar-refractivity contribution in [2.24, 2.45) is 0 Å². The number of phosphoric ester groups is 1. The van der Waals surface area contributed by atoms with E-state index in [2.05, 4.69) is 13.8 Å². The molecule has 0 saturated carbocycles. The van der Waals surface area contributed by atoms with E-state index >= 15 is 0 Å². The van der Waals surface area contributed by atoms with Gasteiger partial charge in [-0.25, -0.2) is 4.57 Å². The van der Waals surface area contributed by atoms with Crippen LogP contribution in [0.1, 0.15) is 57.8 Å². The highest BCUT2D eigenvalue weighted by molar-refractivity contribution is 7.47. The number of phosphoric acid groups is 1. The molecule has 0 aromatic rings. The Labute approximate surface area is 187 Å². The van der Waals surface area contributed by atoms with Crippen LogP contribution < -0.4 is 0 Å². The number of esters is 2. The lowest BCUT2D eigenvalue weighted by Gasteiger charge is -2.24. The Bertz CT molecular complexity index is 550. The molecule has 2 atom stereocenters. The Morgan fingerprint density at radius 1 is 0.935 bits per heavy atom. The predicted molar refractivity (Wildman–Crippen MR) is 118 cm³/mol. The standard InChI is InChI=1S/C21H41NO8P/c1-6-8-9-10-11-12-13-14-21(24)30-19(17-27-20(23)7-2)18-29-31(25,26)28-16-15-22(3,4)5/h19H,1-2,6-18H2,3-5H3,(H,25,26)/q-1/t19-/m1/s1. The summed E-state index contributed by atoms with van der Waals surface area (Å²) in [5.74, 6) is -1.05. The molecule has 1 N–H and O–H groups in total. The number of carbonyl (C=O) groups is 2. The van der Waals surface area contributed by atoms with E-state index in [1.165, 1.54) is 0 Å². The molecule has 0 amide bonds. The molecule has 0 aliphatic heterocycles. The minimum absolute atomic E-state index is 0.0208. The zero-order valence-corrected chi connectivity index (χ0v) is 20.3. The number of carbonyl (C=O) groups excluding carboxylic acids is 2. The van der Waals surface area contributed by atoms with Crippen molar-refractivity contribution in [3.05, 3.63) is 13.8 Å². The average molecular weight is 467 g/mol. The Morgan fingerprint density at radius 2 is 1.55 bits per heavy atom. The summed E-state index contributed by atoms with van der Waals surface area (Å²) in [4.78, 5) is 33.3. The summed E-state index contributed by atoms with van der Waals surface area (Å²) < 4.78 is 32.7. The first kappa shape index (κ1) is 30.0. The van der Waals surface area contributed by atoms with Crippen LogP contribution in [-0.2, 0) is 32.7 Å². The lowest BCUT2D eigenvalue weighted by molar-refractivity contribution is -0.870. The Kier molecular flexibility index (Phi) is 16.1. The van der Waals surface area contributed by atoms with E-state index in [1.54, 1.807) is 0 Å². The molecule has 0 aliphatic rings. The molecule has 0 rings (SSSR count). The van der Waals surface area contributed by atoms with Crippen LogP contribution in [0.4, 0.5) is 0 Å². The molecule has 9 nitrogen and oxygen atoms in total. The molecule has 0 saturated heterocycles. The average Bonchev–Trinajstić information content (AvgIpc) is 2.67. The zero-order valence-electron chi connectivity index (χ0n) is 19.4. The van der Waals surface area contributed by atoms with Crippen LogP contribution in [0.15, 0.2) is 0 Å². The topological polar surface area (TPSA) is 108 Å². The number of nitrogens with zero attached hydrogens (tertiary/aromatic N) is 1. The first-order valence-electron chi connectivity index (χ1n) is 10.8. The van der Waals surface area contributed by atoms with Gasteiger partial charge in [-0.3, -0.25) is 18.6 Å². The van der Waals surface area contributed by atoms with Crippen LogP contribution in [0, 0.1) is 13.8 Å². The Hall–Kier alpha value is -0.990. The molecule has 0 radical (unpaired) electrons. The molecule has 10 heteroatoms. The summed E-state index contributed by atoms with van der Waals surface area (Å²) >= 11 is 0. The highest BCUT2D eigenvalue weighted by atomic mass is 31.2. The van der Waals surface area contributed by atoms with Crippen LogP contribution in [-0.4, -0.2) is 74.9 Å². The summed E-state index contributed by atoms with van der Waals surface area (Å²) in [6.45, 7) is 7.03. The summed E-state index contributed by atoms with van der Waals surface area (Å²) in [6.07, 6.45) is 6.07. The Morgan fingerprint density at radius 3 is 2.13 bits per heavy atom. The lowest BCUT2D eigenvalue weighted by atomic mass is 10.1. The van der Waals surface area contributed by atoms with Gasteiger partial charge in [0, 0.05) is 6.42 Å². The highest BCUT2D eigenvalue weighted by Crippen LogP contribution is 2.43. The summed E-state index contributed by atoms with van der Waals surface area (Å²) in [5.41, 5.74) is 0. The van der Waals surface area contributed by atoms with Crippen LogP contribution in [0.5, 0.6) is 0 Å². The molecule has 0 spiro atoms. The number of rotatable bonds is 19. The van der Waals surface area contributed by atoms with Crippen molar-refractivity contribution in [3.8, 4) is 0 Å². The van der Waals surface area contributed by atoms with Crippen molar-refractivity contribution < 1.29 is 42.1 Å². The van der Waals surface area contributed by atoms with Crippen LogP contribution in [0.3, 0.4) is 0 Å². The maximum atomic E-state index is 12.1. The van der Waals surface area contributed by atoms with E-state index in [0.717, 1.165) is 38.5 Å². The number of unbranched alkanes of at least 4 members (excludes halogenated alkanes) is 6. The smallest absolute Gasteiger partial charge is 0.464 e. The van der Waals surface area contributed by atoms with Gasteiger partial charge >= 0.3 is 13.8 Å². The van der Waals surface area contributed by atoms with Crippen LogP contribution in [0.2, 0.25) is 0 Å². The van der Waals surface area contributed by atoms with Gasteiger partial charge in [-0.05, 0) is 6.42 Å². The van der Waals surface area contributed by atoms with Crippen molar-refractivity contribution in [2.45, 2.75) is 63.9 Å². The molecule has 31 heavy (non-hydrogen) atoms. The van der Waals surface area contributed by atoms with Gasteiger partial charge in [-0.2, -0.15) is 6.42 Å². The zero-order chi connectivity index (χ0) is 23.8. The molecule has 0 aliphatic carbocycles. The van der Waals surface area contributed by atoms with Crippen LogP contribution >= 0.6 is 7.82 Å². The van der Waals surface area contributed by atoms with Gasteiger partial charge in [-0.15, -0.1) is 0 Å². The lowest BCUT2D eigenvalue weighted by Crippen LogP contribution is -2.37. The Balaban J connectivity index is 4.45. The minimum atomic E-state index is -4.33. The third-order valence-corrected chi connectivity index (χ3v) is 5.24. The number of ether oxygens (including phenoxy) is 2. The molecule has 0 bridgehead atoms. The number of hydrogen-bond donors (Lipinski definition) is 1. The summed E-state index contributed by atoms with van der Waals surface area (Å²) in [5, 5.41) is 0. The van der Waals surface area contributed by atoms with Gasteiger partial charge in [0.05, 0.1) is 27.7 Å². The SMILES string of the molecule is [CH2-]CCCCCCCCC(=O)O[C@H](COC(=O)C[CH2-])COP(=O)(O)OCC[N+](C)(C)C. The number of quaternary nitrogens is 1. The second kappa shape index (κ2) is 16.6. The molecule has 0 aromatic heterocycles. The molecule has 184 valence electrons. The van der Waals surface area contributed by atoms with Gasteiger partial charge in [0.25, 0.3) is 5.97 Å².